The van der Waals surface area contributed by atoms with E-state index in [2.05, 4.69) is 10.6 Å². The third kappa shape index (κ3) is 6.09. The number of amides is 2. The normalized spacial score (nSPS) is 10.9. The van der Waals surface area contributed by atoms with Crippen LogP contribution in [0.15, 0.2) is 91.0 Å². The highest BCUT2D eigenvalue weighted by Gasteiger charge is 2.17. The summed E-state index contributed by atoms with van der Waals surface area (Å²) in [6.07, 6.45) is 0.825. The number of aliphatic hydroxyl groups excluding tert-OH is 1. The van der Waals surface area contributed by atoms with Crippen LogP contribution in [0.5, 0.6) is 5.75 Å². The van der Waals surface area contributed by atoms with E-state index in [-0.39, 0.29) is 43.2 Å². The van der Waals surface area contributed by atoms with Crippen molar-refractivity contribution < 1.29 is 19.8 Å². The van der Waals surface area contributed by atoms with Gasteiger partial charge in [0.1, 0.15) is 5.75 Å². The molecule has 0 bridgehead atoms. The molecule has 0 unspecified atom stereocenters. The minimum atomic E-state index is -0.266. The zero-order valence-electron chi connectivity index (χ0n) is 20.0. The minimum absolute atomic E-state index is 0.0226. The van der Waals surface area contributed by atoms with Crippen LogP contribution in [0.1, 0.15) is 34.7 Å². The van der Waals surface area contributed by atoms with Crippen molar-refractivity contribution in [3.8, 4) is 5.75 Å². The lowest BCUT2D eigenvalue weighted by Gasteiger charge is -2.20. The molecule has 0 spiro atoms. The summed E-state index contributed by atoms with van der Waals surface area (Å²) in [5.41, 5.74) is 3.50. The first-order valence-electron chi connectivity index (χ1n) is 12.1. The summed E-state index contributed by atoms with van der Waals surface area (Å²) in [6.45, 7) is 0.0403. The van der Waals surface area contributed by atoms with Gasteiger partial charge in [-0.25, -0.2) is 0 Å². The number of phenols is 1. The number of rotatable bonds is 10. The molecule has 0 aliphatic rings. The smallest absolute Gasteiger partial charge is 0.224 e. The Morgan fingerprint density at radius 2 is 1.39 bits per heavy atom. The van der Waals surface area contributed by atoms with E-state index in [1.54, 1.807) is 6.07 Å². The Bertz CT molecular complexity index is 1280. The van der Waals surface area contributed by atoms with E-state index >= 15 is 0 Å². The Hall–Kier alpha value is -4.16. The standard InChI is InChI=1S/C30H30N2O4/c33-19-18-31-28(35)20-24-14-16-25-21(12-7-13-26(25)30(24)36)15-17-27(34)32-29(22-8-3-1-4-9-22)23-10-5-2-6-11-23/h1-14,16,29,33,36H,15,17-20H2,(H,31,35)(H,32,34). The van der Waals surface area contributed by atoms with Crippen molar-refractivity contribution >= 4 is 22.6 Å². The fraction of sp³-hybridized carbons (Fsp3) is 0.200. The molecule has 0 saturated heterocycles. The second kappa shape index (κ2) is 12.0. The third-order valence-corrected chi connectivity index (χ3v) is 6.18. The Balaban J connectivity index is 1.48. The van der Waals surface area contributed by atoms with Crippen molar-refractivity contribution in [2.75, 3.05) is 13.2 Å². The molecule has 0 radical (unpaired) electrons. The maximum absolute atomic E-state index is 13.0. The first-order valence-corrected chi connectivity index (χ1v) is 12.1. The predicted molar refractivity (Wildman–Crippen MR) is 141 cm³/mol. The van der Waals surface area contributed by atoms with Crippen LogP contribution in [0.4, 0.5) is 0 Å². The van der Waals surface area contributed by atoms with E-state index in [1.165, 1.54) is 0 Å². The fourth-order valence-electron chi connectivity index (χ4n) is 4.38. The summed E-state index contributed by atoms with van der Waals surface area (Å²) in [6, 6.07) is 28.8. The topological polar surface area (TPSA) is 98.7 Å². The van der Waals surface area contributed by atoms with Crippen LogP contribution in [0.25, 0.3) is 10.8 Å². The highest BCUT2D eigenvalue weighted by Crippen LogP contribution is 2.32. The van der Waals surface area contributed by atoms with E-state index in [1.807, 2.05) is 84.9 Å². The quantitative estimate of drug-likeness (QED) is 0.274. The summed E-state index contributed by atoms with van der Waals surface area (Å²) in [4.78, 5) is 25.0. The van der Waals surface area contributed by atoms with E-state index in [0.717, 1.165) is 22.1 Å². The van der Waals surface area contributed by atoms with Crippen LogP contribution in [-0.2, 0) is 22.4 Å². The Morgan fingerprint density at radius 3 is 2.03 bits per heavy atom. The number of nitrogens with one attached hydrogen (secondary N) is 2. The molecule has 4 aromatic rings. The lowest BCUT2D eigenvalue weighted by atomic mass is 9.96. The number of aliphatic hydroxyl groups is 1. The van der Waals surface area contributed by atoms with Gasteiger partial charge in [0.15, 0.2) is 0 Å². The van der Waals surface area contributed by atoms with Gasteiger partial charge in [0.05, 0.1) is 19.1 Å². The predicted octanol–water partition coefficient (Wildman–Crippen LogP) is 4.03. The van der Waals surface area contributed by atoms with E-state index < -0.39 is 0 Å². The van der Waals surface area contributed by atoms with Gasteiger partial charge in [-0.3, -0.25) is 9.59 Å². The molecule has 4 aromatic carbocycles. The van der Waals surface area contributed by atoms with Crippen LogP contribution in [-0.4, -0.2) is 35.2 Å². The molecular weight excluding hydrogens is 452 g/mol. The minimum Gasteiger partial charge on any atom is -0.507 e. The molecule has 36 heavy (non-hydrogen) atoms. The lowest BCUT2D eigenvalue weighted by molar-refractivity contribution is -0.122. The zero-order valence-corrected chi connectivity index (χ0v) is 20.0. The average molecular weight is 483 g/mol. The van der Waals surface area contributed by atoms with Crippen molar-refractivity contribution in [1.82, 2.24) is 10.6 Å². The number of hydrogen-bond acceptors (Lipinski definition) is 4. The van der Waals surface area contributed by atoms with Crippen LogP contribution < -0.4 is 10.6 Å². The molecule has 184 valence electrons. The molecular formula is C30H30N2O4. The van der Waals surface area contributed by atoms with Gasteiger partial charge in [0, 0.05) is 23.9 Å². The Morgan fingerprint density at radius 1 is 0.722 bits per heavy atom. The maximum atomic E-state index is 13.0. The molecule has 0 heterocycles. The number of carbonyl (C=O) groups excluding carboxylic acids is 2. The van der Waals surface area contributed by atoms with Crippen LogP contribution in [0, 0.1) is 0 Å². The number of aromatic hydroxyl groups is 1. The maximum Gasteiger partial charge on any atom is 0.224 e. The number of aryl methyl sites for hydroxylation is 1. The zero-order chi connectivity index (χ0) is 25.3. The Labute approximate surface area is 210 Å². The molecule has 4 N–H and O–H groups in total. The van der Waals surface area contributed by atoms with E-state index in [9.17, 15) is 14.7 Å². The van der Waals surface area contributed by atoms with E-state index in [0.29, 0.717) is 23.8 Å². The molecule has 6 nitrogen and oxygen atoms in total. The molecule has 0 aliphatic carbocycles. The summed E-state index contributed by atoms with van der Waals surface area (Å²) < 4.78 is 0. The van der Waals surface area contributed by atoms with E-state index in [4.69, 9.17) is 5.11 Å². The van der Waals surface area contributed by atoms with Gasteiger partial charge in [-0.15, -0.1) is 0 Å². The fourth-order valence-corrected chi connectivity index (χ4v) is 4.38. The molecule has 0 saturated carbocycles. The van der Waals surface area contributed by atoms with Crippen LogP contribution in [0.3, 0.4) is 0 Å². The number of carbonyl (C=O) groups is 2. The summed E-state index contributed by atoms with van der Waals surface area (Å²) in [5.74, 6) is -0.268. The second-order valence-corrected chi connectivity index (χ2v) is 8.66. The molecule has 6 heteroatoms. The van der Waals surface area contributed by atoms with Crippen LogP contribution in [0.2, 0.25) is 0 Å². The average Bonchev–Trinajstić information content (AvgIpc) is 2.92. The summed E-state index contributed by atoms with van der Waals surface area (Å²) in [7, 11) is 0. The first-order chi connectivity index (χ1) is 17.6. The van der Waals surface area contributed by atoms with Gasteiger partial charge >= 0.3 is 0 Å². The van der Waals surface area contributed by atoms with Gasteiger partial charge in [0.2, 0.25) is 11.8 Å². The summed E-state index contributed by atoms with van der Waals surface area (Å²) in [5, 5.41) is 26.9. The highest BCUT2D eigenvalue weighted by molar-refractivity contribution is 5.93. The molecule has 0 fully saturated rings. The number of phenolic OH excluding ortho intramolecular Hbond substituents is 1. The van der Waals surface area contributed by atoms with Crippen molar-refractivity contribution in [3.05, 3.63) is 113 Å². The molecule has 4 rings (SSSR count). The first kappa shape index (κ1) is 24.9. The van der Waals surface area contributed by atoms with Gasteiger partial charge in [0.25, 0.3) is 0 Å². The van der Waals surface area contributed by atoms with Gasteiger partial charge in [-0.2, -0.15) is 0 Å². The number of hydrogen-bond donors (Lipinski definition) is 4. The third-order valence-electron chi connectivity index (χ3n) is 6.18. The largest absolute Gasteiger partial charge is 0.507 e. The molecule has 0 atom stereocenters. The van der Waals surface area contributed by atoms with Crippen molar-refractivity contribution in [2.45, 2.75) is 25.3 Å². The highest BCUT2D eigenvalue weighted by atomic mass is 16.3. The lowest BCUT2D eigenvalue weighted by Crippen LogP contribution is -2.29. The van der Waals surface area contributed by atoms with Crippen molar-refractivity contribution in [2.24, 2.45) is 0 Å². The second-order valence-electron chi connectivity index (χ2n) is 8.66. The molecule has 0 aliphatic heterocycles. The van der Waals surface area contributed by atoms with Crippen molar-refractivity contribution in [1.29, 1.82) is 0 Å². The SMILES string of the molecule is O=C(Cc1ccc2c(CCC(=O)NC(c3ccccc3)c3ccccc3)cccc2c1O)NCCO. The molecule has 0 aromatic heterocycles. The number of benzene rings is 4. The van der Waals surface area contributed by atoms with Gasteiger partial charge in [-0.05, 0) is 28.5 Å². The van der Waals surface area contributed by atoms with Crippen molar-refractivity contribution in [3.63, 3.8) is 0 Å². The van der Waals surface area contributed by atoms with Crippen LogP contribution >= 0.6 is 0 Å². The Kier molecular flexibility index (Phi) is 8.32. The van der Waals surface area contributed by atoms with Gasteiger partial charge < -0.3 is 20.8 Å². The molecule has 2 amide bonds. The van der Waals surface area contributed by atoms with Gasteiger partial charge in [-0.1, -0.05) is 91.0 Å². The monoisotopic (exact) mass is 482 g/mol. The summed E-state index contributed by atoms with van der Waals surface area (Å²) >= 11 is 0. The number of fused-ring (bicyclic) bond motifs is 1.